The Kier molecular flexibility index (Phi) is 6.41. The van der Waals surface area contributed by atoms with Crippen molar-refractivity contribution < 1.29 is 4.74 Å². The number of nitrogens with zero attached hydrogens (tertiary/aromatic N) is 4. The van der Waals surface area contributed by atoms with E-state index in [1.54, 1.807) is 29.0 Å². The molecule has 7 heteroatoms. The van der Waals surface area contributed by atoms with Crippen molar-refractivity contribution in [1.82, 2.24) is 19.7 Å². The molecule has 7 nitrogen and oxygen atoms in total. The number of fused-ring (bicyclic) bond motifs is 1. The molecule has 0 aliphatic carbocycles. The summed E-state index contributed by atoms with van der Waals surface area (Å²) in [6.45, 7) is 2.71. The molecule has 176 valence electrons. The van der Waals surface area contributed by atoms with E-state index in [-0.39, 0.29) is 17.0 Å². The second-order valence-corrected chi connectivity index (χ2v) is 8.19. The lowest BCUT2D eigenvalue weighted by Crippen LogP contribution is -2.11. The average Bonchev–Trinajstić information content (AvgIpc) is 3.35. The molecule has 0 unspecified atom stereocenters. The molecule has 2 heterocycles. The van der Waals surface area contributed by atoms with Crippen molar-refractivity contribution in [3.05, 3.63) is 107 Å². The zero-order chi connectivity index (χ0) is 24.9. The van der Waals surface area contributed by atoms with Gasteiger partial charge in [-0.15, -0.1) is 0 Å². The maximum Gasteiger partial charge on any atom is 0.259 e. The van der Waals surface area contributed by atoms with Crippen LogP contribution in [0.4, 0.5) is 0 Å². The summed E-state index contributed by atoms with van der Waals surface area (Å²) in [5, 5.41) is 15.3. The minimum atomic E-state index is -0.292. The van der Waals surface area contributed by atoms with Gasteiger partial charge in [0.1, 0.15) is 11.8 Å². The highest BCUT2D eigenvalue weighted by Crippen LogP contribution is 2.28. The summed E-state index contributed by atoms with van der Waals surface area (Å²) in [4.78, 5) is 19.9. The Morgan fingerprint density at radius 1 is 1.06 bits per heavy atom. The number of ether oxygens (including phenoxy) is 1. The van der Waals surface area contributed by atoms with Crippen molar-refractivity contribution in [2.45, 2.75) is 13.3 Å². The van der Waals surface area contributed by atoms with Crippen molar-refractivity contribution in [3.8, 4) is 28.8 Å². The van der Waals surface area contributed by atoms with Crippen LogP contribution in [-0.2, 0) is 0 Å². The molecule has 0 spiro atoms. The molecule has 0 atom stereocenters. The van der Waals surface area contributed by atoms with Gasteiger partial charge < -0.3 is 9.72 Å². The second kappa shape index (κ2) is 10.1. The van der Waals surface area contributed by atoms with Crippen LogP contribution in [0, 0.1) is 11.3 Å². The van der Waals surface area contributed by atoms with E-state index >= 15 is 0 Å². The molecule has 0 saturated carbocycles. The largest absolute Gasteiger partial charge is 0.494 e. The molecule has 0 aliphatic rings. The summed E-state index contributed by atoms with van der Waals surface area (Å²) < 4.78 is 7.49. The molecule has 0 fully saturated rings. The first kappa shape index (κ1) is 22.8. The zero-order valence-electron chi connectivity index (χ0n) is 19.7. The van der Waals surface area contributed by atoms with Crippen LogP contribution in [0.3, 0.4) is 0 Å². The van der Waals surface area contributed by atoms with E-state index in [4.69, 9.17) is 9.84 Å². The van der Waals surface area contributed by atoms with Gasteiger partial charge in [-0.1, -0.05) is 37.3 Å². The van der Waals surface area contributed by atoms with Crippen molar-refractivity contribution in [2.75, 3.05) is 6.61 Å². The minimum Gasteiger partial charge on any atom is -0.494 e. The summed E-state index contributed by atoms with van der Waals surface area (Å²) in [5.41, 5.74) is 3.63. The number of hydrogen-bond acceptors (Lipinski definition) is 5. The Balaban J connectivity index is 1.62. The molecular weight excluding hydrogens is 450 g/mol. The molecule has 0 radical (unpaired) electrons. The predicted molar refractivity (Wildman–Crippen MR) is 141 cm³/mol. The van der Waals surface area contributed by atoms with Crippen molar-refractivity contribution in [3.63, 3.8) is 0 Å². The first-order chi connectivity index (χ1) is 17.7. The third-order valence-corrected chi connectivity index (χ3v) is 5.65. The van der Waals surface area contributed by atoms with E-state index in [2.05, 4.69) is 23.0 Å². The Hall–Kier alpha value is -4.96. The molecule has 3 aromatic carbocycles. The summed E-state index contributed by atoms with van der Waals surface area (Å²) in [7, 11) is 0. The molecule has 0 amide bonds. The Labute approximate surface area is 207 Å². The van der Waals surface area contributed by atoms with Gasteiger partial charge in [0.15, 0.2) is 5.82 Å². The number of aromatic nitrogens is 4. The lowest BCUT2D eigenvalue weighted by Gasteiger charge is -2.06. The molecule has 36 heavy (non-hydrogen) atoms. The van der Waals surface area contributed by atoms with Crippen LogP contribution in [0.2, 0.25) is 0 Å². The number of rotatable bonds is 7. The number of nitriles is 1. The van der Waals surface area contributed by atoms with Crippen LogP contribution in [0.5, 0.6) is 5.75 Å². The Morgan fingerprint density at radius 3 is 2.56 bits per heavy atom. The van der Waals surface area contributed by atoms with E-state index < -0.39 is 0 Å². The van der Waals surface area contributed by atoms with Gasteiger partial charge in [0.05, 0.1) is 34.5 Å². The number of hydrogen-bond donors (Lipinski definition) is 1. The number of para-hydroxylation sites is 2. The topological polar surface area (TPSA) is 96.6 Å². The fraction of sp³-hybridized carbons (Fsp3) is 0.103. The van der Waals surface area contributed by atoms with Crippen LogP contribution in [0.1, 0.15) is 24.7 Å². The smallest absolute Gasteiger partial charge is 0.259 e. The number of allylic oxidation sites excluding steroid dienone is 1. The van der Waals surface area contributed by atoms with Gasteiger partial charge in [-0.25, -0.2) is 9.67 Å². The molecule has 0 aliphatic heterocycles. The van der Waals surface area contributed by atoms with Gasteiger partial charge in [-0.3, -0.25) is 4.79 Å². The van der Waals surface area contributed by atoms with Gasteiger partial charge in [-0.2, -0.15) is 10.4 Å². The fourth-order valence-corrected chi connectivity index (χ4v) is 3.88. The van der Waals surface area contributed by atoms with Crippen LogP contribution in [-0.4, -0.2) is 26.4 Å². The molecule has 5 rings (SSSR count). The van der Waals surface area contributed by atoms with Gasteiger partial charge in [0, 0.05) is 17.3 Å². The molecular formula is C29H23N5O2. The van der Waals surface area contributed by atoms with E-state index in [1.165, 1.54) is 0 Å². The number of aromatic amines is 1. The standard InChI is InChI=1S/C29H23N5O2/c1-2-16-36-24-14-12-20(13-15-24)27-22(19-34(33-27)23-8-4-3-5-9-23)17-21(18-30)28-31-26-11-7-6-10-25(26)29(35)32-28/h3-15,17,19H,2,16H2,1H3,(H,31,32,35)/b21-17+. The average molecular weight is 474 g/mol. The number of H-pyrrole nitrogens is 1. The number of nitrogens with one attached hydrogen (secondary N) is 1. The van der Waals surface area contributed by atoms with Crippen LogP contribution < -0.4 is 10.3 Å². The second-order valence-electron chi connectivity index (χ2n) is 8.19. The summed E-state index contributed by atoms with van der Waals surface area (Å²) in [5.74, 6) is 0.999. The highest BCUT2D eigenvalue weighted by molar-refractivity contribution is 5.91. The minimum absolute atomic E-state index is 0.211. The maximum atomic E-state index is 12.6. The third-order valence-electron chi connectivity index (χ3n) is 5.65. The van der Waals surface area contributed by atoms with Crippen LogP contribution in [0.15, 0.2) is 89.9 Å². The number of benzene rings is 3. The van der Waals surface area contributed by atoms with Gasteiger partial charge in [0.2, 0.25) is 0 Å². The van der Waals surface area contributed by atoms with Crippen LogP contribution >= 0.6 is 0 Å². The van der Waals surface area contributed by atoms with Crippen molar-refractivity contribution in [1.29, 1.82) is 5.26 Å². The van der Waals surface area contributed by atoms with Gasteiger partial charge in [-0.05, 0) is 61.0 Å². The SMILES string of the molecule is CCCOc1ccc(-c2nn(-c3ccccc3)cc2/C=C(\C#N)c2nc3ccccc3c(=O)[nH]2)cc1. The Morgan fingerprint density at radius 2 is 1.81 bits per heavy atom. The summed E-state index contributed by atoms with van der Waals surface area (Å²) in [6.07, 6.45) is 4.50. The normalized spacial score (nSPS) is 11.4. The quantitative estimate of drug-likeness (QED) is 0.309. The highest BCUT2D eigenvalue weighted by Gasteiger charge is 2.15. The van der Waals surface area contributed by atoms with Gasteiger partial charge >= 0.3 is 0 Å². The van der Waals surface area contributed by atoms with E-state index in [0.29, 0.717) is 28.8 Å². The van der Waals surface area contributed by atoms with Crippen molar-refractivity contribution >= 4 is 22.6 Å². The van der Waals surface area contributed by atoms with Crippen molar-refractivity contribution in [2.24, 2.45) is 0 Å². The molecule has 2 aromatic heterocycles. The highest BCUT2D eigenvalue weighted by atomic mass is 16.5. The first-order valence-electron chi connectivity index (χ1n) is 11.7. The first-order valence-corrected chi connectivity index (χ1v) is 11.7. The summed E-state index contributed by atoms with van der Waals surface area (Å²) in [6, 6.07) is 26.7. The predicted octanol–water partition coefficient (Wildman–Crippen LogP) is 5.63. The van der Waals surface area contributed by atoms with Gasteiger partial charge in [0.25, 0.3) is 5.56 Å². The molecule has 0 saturated heterocycles. The van der Waals surface area contributed by atoms with E-state index in [0.717, 1.165) is 23.4 Å². The lowest BCUT2D eigenvalue weighted by molar-refractivity contribution is 0.317. The monoisotopic (exact) mass is 473 g/mol. The fourth-order valence-electron chi connectivity index (χ4n) is 3.88. The van der Waals surface area contributed by atoms with Crippen LogP contribution in [0.25, 0.3) is 39.5 Å². The maximum absolute atomic E-state index is 12.6. The molecule has 0 bridgehead atoms. The lowest BCUT2D eigenvalue weighted by atomic mass is 10.1. The summed E-state index contributed by atoms with van der Waals surface area (Å²) >= 11 is 0. The molecule has 5 aromatic rings. The third kappa shape index (κ3) is 4.65. The molecule has 1 N–H and O–H groups in total. The Bertz CT molecular complexity index is 1640. The zero-order valence-corrected chi connectivity index (χ0v) is 19.7. The van der Waals surface area contributed by atoms with E-state index in [1.807, 2.05) is 66.9 Å². The van der Waals surface area contributed by atoms with E-state index in [9.17, 15) is 10.1 Å².